The molecule has 0 bridgehead atoms. The first-order valence-corrected chi connectivity index (χ1v) is 10.4. The molecule has 0 spiro atoms. The predicted octanol–water partition coefficient (Wildman–Crippen LogP) is 4.14. The lowest BCUT2D eigenvalue weighted by atomic mass is 10.1. The number of carbonyl (C=O) groups excluding carboxylic acids is 1. The van der Waals surface area contributed by atoms with Gasteiger partial charge < -0.3 is 9.72 Å². The van der Waals surface area contributed by atoms with Gasteiger partial charge in [-0.3, -0.25) is 14.2 Å². The molecule has 7 heteroatoms. The maximum atomic E-state index is 13.5. The number of ether oxygens (including phenoxy) is 1. The molecule has 4 rings (SSSR count). The molecule has 0 saturated carbocycles. The zero-order chi connectivity index (χ0) is 20.5. The Bertz CT molecular complexity index is 1290. The summed E-state index contributed by atoms with van der Waals surface area (Å²) in [5.41, 5.74) is 4.47. The van der Waals surface area contributed by atoms with E-state index in [9.17, 15) is 9.59 Å². The molecule has 0 aliphatic heterocycles. The molecule has 6 nitrogen and oxygen atoms in total. The number of nitrogens with zero attached hydrogens (tertiary/aromatic N) is 2. The number of benzene rings is 2. The Kier molecular flexibility index (Phi) is 5.15. The lowest BCUT2D eigenvalue weighted by Gasteiger charge is -2.14. The molecule has 1 N–H and O–H groups in total. The molecule has 2 aromatic carbocycles. The summed E-state index contributed by atoms with van der Waals surface area (Å²) in [6.07, 6.45) is 0. The molecule has 29 heavy (non-hydrogen) atoms. The number of aryl methyl sites for hydroxylation is 2. The van der Waals surface area contributed by atoms with Crippen molar-refractivity contribution in [2.75, 3.05) is 12.4 Å². The first kappa shape index (κ1) is 19.3. The molecule has 148 valence electrons. The molecule has 4 aromatic rings. The van der Waals surface area contributed by atoms with Gasteiger partial charge in [-0.25, -0.2) is 4.98 Å². The van der Waals surface area contributed by atoms with Gasteiger partial charge >= 0.3 is 5.97 Å². The fraction of sp³-hybridized carbons (Fsp3) is 0.227. The highest BCUT2D eigenvalue weighted by Crippen LogP contribution is 2.27. The average molecular weight is 407 g/mol. The number of aromatic nitrogens is 3. The molecule has 2 aromatic heterocycles. The van der Waals surface area contributed by atoms with Crippen LogP contribution in [-0.4, -0.2) is 32.9 Å². The standard InChI is InChI=1S/C22H21N3O3S/c1-4-28-18(26)12-29-22-24-19-15-7-5-6-8-16(15)23-20(19)21(27)25(22)17-11-13(2)9-10-14(17)3/h5-11,23H,4,12H2,1-3H3. The lowest BCUT2D eigenvalue weighted by molar-refractivity contribution is -0.139. The molecule has 0 unspecified atom stereocenters. The quantitative estimate of drug-likeness (QED) is 0.306. The Morgan fingerprint density at radius 1 is 1.21 bits per heavy atom. The van der Waals surface area contributed by atoms with Crippen molar-refractivity contribution in [1.82, 2.24) is 14.5 Å². The van der Waals surface area contributed by atoms with E-state index in [1.807, 2.05) is 56.3 Å². The maximum absolute atomic E-state index is 13.5. The minimum Gasteiger partial charge on any atom is -0.465 e. The number of rotatable bonds is 5. The topological polar surface area (TPSA) is 77.0 Å². The van der Waals surface area contributed by atoms with Crippen molar-refractivity contribution < 1.29 is 9.53 Å². The molecule has 2 heterocycles. The van der Waals surface area contributed by atoms with E-state index in [2.05, 4.69) is 4.98 Å². The normalized spacial score (nSPS) is 11.3. The number of esters is 1. The third-order valence-electron chi connectivity index (χ3n) is 4.72. The Hall–Kier alpha value is -3.06. The molecule has 0 amide bonds. The molecule has 0 atom stereocenters. The maximum Gasteiger partial charge on any atom is 0.316 e. The third-order valence-corrected chi connectivity index (χ3v) is 5.64. The number of hydrogen-bond acceptors (Lipinski definition) is 5. The van der Waals surface area contributed by atoms with Crippen molar-refractivity contribution >= 4 is 39.7 Å². The second kappa shape index (κ2) is 7.75. The van der Waals surface area contributed by atoms with Crippen molar-refractivity contribution in [3.63, 3.8) is 0 Å². The summed E-state index contributed by atoms with van der Waals surface area (Å²) < 4.78 is 6.63. The van der Waals surface area contributed by atoms with Crippen LogP contribution in [0.25, 0.3) is 27.6 Å². The number of fused-ring (bicyclic) bond motifs is 3. The number of hydrogen-bond donors (Lipinski definition) is 1. The fourth-order valence-corrected chi connectivity index (χ4v) is 4.13. The van der Waals surface area contributed by atoms with Crippen molar-refractivity contribution in [2.24, 2.45) is 0 Å². The number of carbonyl (C=O) groups is 1. The number of H-pyrrole nitrogens is 1. The number of thioether (sulfide) groups is 1. The molecule has 0 aliphatic rings. The highest BCUT2D eigenvalue weighted by atomic mass is 32.2. The summed E-state index contributed by atoms with van der Waals surface area (Å²) in [5, 5.41) is 1.35. The summed E-state index contributed by atoms with van der Waals surface area (Å²) >= 11 is 1.21. The van der Waals surface area contributed by atoms with Gasteiger partial charge in [0.15, 0.2) is 5.16 Å². The first-order chi connectivity index (χ1) is 14.0. The van der Waals surface area contributed by atoms with Crippen LogP contribution in [-0.2, 0) is 9.53 Å². The second-order valence-corrected chi connectivity index (χ2v) is 7.76. The minimum atomic E-state index is -0.335. The van der Waals surface area contributed by atoms with E-state index in [-0.39, 0.29) is 17.3 Å². The summed E-state index contributed by atoms with van der Waals surface area (Å²) in [6.45, 7) is 6.02. The van der Waals surface area contributed by atoms with Crippen molar-refractivity contribution in [1.29, 1.82) is 0 Å². The van der Waals surface area contributed by atoms with E-state index in [0.29, 0.717) is 22.8 Å². The molecular weight excluding hydrogens is 386 g/mol. The summed E-state index contributed by atoms with van der Waals surface area (Å²) in [5.74, 6) is -0.253. The zero-order valence-electron chi connectivity index (χ0n) is 16.5. The highest BCUT2D eigenvalue weighted by molar-refractivity contribution is 7.99. The van der Waals surface area contributed by atoms with Gasteiger partial charge in [-0.15, -0.1) is 0 Å². The van der Waals surface area contributed by atoms with Gasteiger partial charge in [0, 0.05) is 10.9 Å². The van der Waals surface area contributed by atoms with Crippen LogP contribution in [0, 0.1) is 13.8 Å². The van der Waals surface area contributed by atoms with E-state index in [1.165, 1.54) is 11.8 Å². The van der Waals surface area contributed by atoms with Crippen LogP contribution >= 0.6 is 11.8 Å². The van der Waals surface area contributed by atoms with E-state index < -0.39 is 0 Å². The van der Waals surface area contributed by atoms with E-state index in [1.54, 1.807) is 11.5 Å². The third kappa shape index (κ3) is 3.53. The minimum absolute atomic E-state index is 0.0823. The van der Waals surface area contributed by atoms with Gasteiger partial charge in [0.1, 0.15) is 11.0 Å². The SMILES string of the molecule is CCOC(=O)CSc1nc2c([nH]c3ccccc32)c(=O)n1-c1cc(C)ccc1C. The fourth-order valence-electron chi connectivity index (χ4n) is 3.34. The molecule has 0 radical (unpaired) electrons. The summed E-state index contributed by atoms with van der Waals surface area (Å²) in [7, 11) is 0. The van der Waals surface area contributed by atoms with Crippen LogP contribution in [0.5, 0.6) is 0 Å². The number of aromatic amines is 1. The Labute approximate surface area is 171 Å². The van der Waals surface area contributed by atoms with Crippen molar-refractivity contribution in [3.8, 4) is 5.69 Å². The van der Waals surface area contributed by atoms with Crippen LogP contribution in [0.3, 0.4) is 0 Å². The summed E-state index contributed by atoms with van der Waals surface area (Å²) in [6, 6.07) is 13.6. The summed E-state index contributed by atoms with van der Waals surface area (Å²) in [4.78, 5) is 33.4. The van der Waals surface area contributed by atoms with Gasteiger partial charge in [0.25, 0.3) is 5.56 Å². The lowest BCUT2D eigenvalue weighted by Crippen LogP contribution is -2.23. The largest absolute Gasteiger partial charge is 0.465 e. The van der Waals surface area contributed by atoms with Gasteiger partial charge in [-0.1, -0.05) is 42.1 Å². The van der Waals surface area contributed by atoms with E-state index >= 15 is 0 Å². The Morgan fingerprint density at radius 2 is 2.00 bits per heavy atom. The van der Waals surface area contributed by atoms with Crippen LogP contribution in [0.1, 0.15) is 18.1 Å². The van der Waals surface area contributed by atoms with Gasteiger partial charge in [-0.2, -0.15) is 0 Å². The van der Waals surface area contributed by atoms with E-state index in [0.717, 1.165) is 27.7 Å². The number of para-hydroxylation sites is 1. The van der Waals surface area contributed by atoms with Gasteiger partial charge in [-0.05, 0) is 44.0 Å². The molecule has 0 aliphatic carbocycles. The van der Waals surface area contributed by atoms with Crippen molar-refractivity contribution in [3.05, 3.63) is 63.9 Å². The van der Waals surface area contributed by atoms with E-state index in [4.69, 9.17) is 9.72 Å². The molecule has 0 fully saturated rings. The molecular formula is C22H21N3O3S. The Morgan fingerprint density at radius 3 is 2.79 bits per heavy atom. The average Bonchev–Trinajstić information content (AvgIpc) is 3.08. The zero-order valence-corrected chi connectivity index (χ0v) is 17.3. The molecule has 0 saturated heterocycles. The second-order valence-electron chi connectivity index (χ2n) is 6.81. The monoisotopic (exact) mass is 407 g/mol. The van der Waals surface area contributed by atoms with Crippen LogP contribution in [0.2, 0.25) is 0 Å². The Balaban J connectivity index is 1.98. The van der Waals surface area contributed by atoms with Gasteiger partial charge in [0.05, 0.1) is 18.0 Å². The smallest absolute Gasteiger partial charge is 0.316 e. The van der Waals surface area contributed by atoms with Crippen LogP contribution in [0.15, 0.2) is 52.4 Å². The highest BCUT2D eigenvalue weighted by Gasteiger charge is 2.19. The van der Waals surface area contributed by atoms with Crippen LogP contribution in [0.4, 0.5) is 0 Å². The van der Waals surface area contributed by atoms with Crippen LogP contribution < -0.4 is 5.56 Å². The predicted molar refractivity (Wildman–Crippen MR) is 116 cm³/mol. The first-order valence-electron chi connectivity index (χ1n) is 9.39. The van der Waals surface area contributed by atoms with Crippen molar-refractivity contribution in [2.45, 2.75) is 25.9 Å². The number of nitrogens with one attached hydrogen (secondary N) is 1. The van der Waals surface area contributed by atoms with Gasteiger partial charge in [0.2, 0.25) is 0 Å².